The van der Waals surface area contributed by atoms with Crippen molar-refractivity contribution in [2.75, 3.05) is 20.1 Å². The molecule has 1 aliphatic rings. The smallest absolute Gasteiger partial charge is 0.252 e. The predicted molar refractivity (Wildman–Crippen MR) is 77.7 cm³/mol. The number of nitrogens with zero attached hydrogens (tertiary/aromatic N) is 2. The molecule has 7 heteroatoms. The van der Waals surface area contributed by atoms with Gasteiger partial charge in [-0.2, -0.15) is 4.31 Å². The number of hydrogen-bond acceptors (Lipinski definition) is 5. The highest BCUT2D eigenvalue weighted by Gasteiger charge is 2.35. The Labute approximate surface area is 119 Å². The Balaban J connectivity index is 2.25. The van der Waals surface area contributed by atoms with Crippen molar-refractivity contribution in [1.82, 2.24) is 9.21 Å². The Morgan fingerprint density at radius 3 is 2.42 bits per heavy atom. The number of rotatable bonds is 3. The second-order valence-electron chi connectivity index (χ2n) is 5.16. The molecule has 2 rings (SSSR count). The summed E-state index contributed by atoms with van der Waals surface area (Å²) >= 11 is 1.25. The minimum atomic E-state index is -3.37. The van der Waals surface area contributed by atoms with Gasteiger partial charge in [0, 0.05) is 31.7 Å². The summed E-state index contributed by atoms with van der Waals surface area (Å²) in [7, 11) is -1.33. The fraction of sp³-hybridized carbons (Fsp3) is 0.667. The molecule has 108 valence electrons. The van der Waals surface area contributed by atoms with Gasteiger partial charge in [-0.05, 0) is 37.9 Å². The van der Waals surface area contributed by atoms with Crippen LogP contribution in [0.15, 0.2) is 15.7 Å². The van der Waals surface area contributed by atoms with Crippen LogP contribution in [-0.4, -0.2) is 49.8 Å². The van der Waals surface area contributed by atoms with E-state index in [1.165, 1.54) is 11.3 Å². The Kier molecular flexibility index (Phi) is 4.32. The zero-order valence-corrected chi connectivity index (χ0v) is 13.2. The first-order chi connectivity index (χ1) is 8.86. The normalized spacial score (nSPS) is 26.7. The van der Waals surface area contributed by atoms with Crippen LogP contribution in [0.5, 0.6) is 0 Å². The van der Waals surface area contributed by atoms with Crippen LogP contribution in [0, 0.1) is 0 Å². The molecule has 0 spiro atoms. The summed E-state index contributed by atoms with van der Waals surface area (Å²) < 4.78 is 27.2. The van der Waals surface area contributed by atoms with Crippen molar-refractivity contribution >= 4 is 21.4 Å². The molecule has 1 fully saturated rings. The van der Waals surface area contributed by atoms with Crippen molar-refractivity contribution < 1.29 is 8.42 Å². The summed E-state index contributed by atoms with van der Waals surface area (Å²) in [5, 5.41) is 1.82. The Morgan fingerprint density at radius 1 is 1.37 bits per heavy atom. The molecule has 2 N–H and O–H groups in total. The monoisotopic (exact) mass is 303 g/mol. The fourth-order valence-electron chi connectivity index (χ4n) is 2.27. The molecule has 0 aliphatic carbocycles. The Morgan fingerprint density at radius 2 is 1.95 bits per heavy atom. The van der Waals surface area contributed by atoms with E-state index in [1.54, 1.807) is 10.4 Å². The van der Waals surface area contributed by atoms with Crippen molar-refractivity contribution in [2.24, 2.45) is 5.73 Å². The number of hydrogen-bond donors (Lipinski definition) is 1. The summed E-state index contributed by atoms with van der Waals surface area (Å²) in [5.41, 5.74) is 6.41. The lowest BCUT2D eigenvalue weighted by Gasteiger charge is -2.41. The van der Waals surface area contributed by atoms with E-state index in [2.05, 4.69) is 18.7 Å². The molecule has 0 saturated carbocycles. The van der Waals surface area contributed by atoms with Crippen LogP contribution < -0.4 is 5.73 Å². The molecular weight excluding hydrogens is 282 g/mol. The van der Waals surface area contributed by atoms with Crippen molar-refractivity contribution in [1.29, 1.82) is 0 Å². The summed E-state index contributed by atoms with van der Waals surface area (Å²) in [6.45, 7) is 5.56. The van der Waals surface area contributed by atoms with Gasteiger partial charge in [0.1, 0.15) is 4.21 Å². The molecule has 1 aromatic heterocycles. The first-order valence-electron chi connectivity index (χ1n) is 6.35. The quantitative estimate of drug-likeness (QED) is 0.902. The molecule has 0 amide bonds. The van der Waals surface area contributed by atoms with Crippen LogP contribution in [0.2, 0.25) is 0 Å². The molecule has 0 bridgehead atoms. The van der Waals surface area contributed by atoms with Gasteiger partial charge in [-0.15, -0.1) is 11.3 Å². The predicted octanol–water partition coefficient (Wildman–Crippen LogP) is 0.920. The highest BCUT2D eigenvalue weighted by Crippen LogP contribution is 2.26. The Hall–Kier alpha value is -0.470. The fourth-order valence-corrected chi connectivity index (χ4v) is 5.25. The topological polar surface area (TPSA) is 66.6 Å². The minimum Gasteiger partial charge on any atom is -0.326 e. The van der Waals surface area contributed by atoms with Gasteiger partial charge in [-0.25, -0.2) is 8.42 Å². The van der Waals surface area contributed by atoms with Crippen molar-refractivity contribution in [3.8, 4) is 0 Å². The lowest BCUT2D eigenvalue weighted by molar-refractivity contribution is 0.105. The highest BCUT2D eigenvalue weighted by atomic mass is 32.2. The number of sulfonamides is 1. The van der Waals surface area contributed by atoms with Gasteiger partial charge in [0.05, 0.1) is 0 Å². The van der Waals surface area contributed by atoms with Gasteiger partial charge in [0.15, 0.2) is 0 Å². The van der Waals surface area contributed by atoms with Gasteiger partial charge < -0.3 is 5.73 Å². The van der Waals surface area contributed by atoms with Crippen LogP contribution >= 0.6 is 11.3 Å². The van der Waals surface area contributed by atoms with Crippen LogP contribution in [-0.2, 0) is 16.6 Å². The third kappa shape index (κ3) is 2.85. The number of thiophene rings is 1. The van der Waals surface area contributed by atoms with Gasteiger partial charge in [-0.1, -0.05) is 0 Å². The third-order valence-electron chi connectivity index (χ3n) is 3.79. The number of piperazine rings is 1. The SMILES string of the molecule is CC1CN(S(=O)(=O)c2cc(CN)cs2)CC(C)N1C. The summed E-state index contributed by atoms with van der Waals surface area (Å²) in [4.78, 5) is 2.21. The number of likely N-dealkylation sites (N-methyl/N-ethyl adjacent to an activating group) is 1. The highest BCUT2D eigenvalue weighted by molar-refractivity contribution is 7.91. The summed E-state index contributed by atoms with van der Waals surface area (Å²) in [6.07, 6.45) is 0. The van der Waals surface area contributed by atoms with E-state index in [9.17, 15) is 8.42 Å². The van der Waals surface area contributed by atoms with E-state index in [-0.39, 0.29) is 12.1 Å². The lowest BCUT2D eigenvalue weighted by atomic mass is 10.1. The van der Waals surface area contributed by atoms with E-state index in [0.29, 0.717) is 23.8 Å². The molecule has 2 unspecified atom stereocenters. The first-order valence-corrected chi connectivity index (χ1v) is 8.67. The molecule has 19 heavy (non-hydrogen) atoms. The average molecular weight is 303 g/mol. The van der Waals surface area contributed by atoms with Crippen molar-refractivity contribution in [3.63, 3.8) is 0 Å². The average Bonchev–Trinajstić information content (AvgIpc) is 2.84. The summed E-state index contributed by atoms with van der Waals surface area (Å²) in [5.74, 6) is 0. The second-order valence-corrected chi connectivity index (χ2v) is 8.24. The molecule has 0 radical (unpaired) electrons. The van der Waals surface area contributed by atoms with E-state index < -0.39 is 10.0 Å². The largest absolute Gasteiger partial charge is 0.326 e. The second kappa shape index (κ2) is 5.49. The maximum absolute atomic E-state index is 12.6. The molecule has 1 aliphatic heterocycles. The molecule has 1 saturated heterocycles. The zero-order chi connectivity index (χ0) is 14.2. The van der Waals surface area contributed by atoms with Crippen LogP contribution in [0.3, 0.4) is 0 Å². The number of nitrogens with two attached hydrogens (primary N) is 1. The zero-order valence-electron chi connectivity index (χ0n) is 11.5. The molecule has 0 aromatic carbocycles. The standard InChI is InChI=1S/C12H21N3O2S2/c1-9-6-15(7-10(2)14(9)3)19(16,17)12-4-11(5-13)8-18-12/h4,8-10H,5-7,13H2,1-3H3. The van der Waals surface area contributed by atoms with E-state index >= 15 is 0 Å². The van der Waals surface area contributed by atoms with Gasteiger partial charge in [0.25, 0.3) is 10.0 Å². The van der Waals surface area contributed by atoms with Crippen LogP contribution in [0.4, 0.5) is 0 Å². The van der Waals surface area contributed by atoms with Gasteiger partial charge in [0.2, 0.25) is 0 Å². The van der Waals surface area contributed by atoms with Gasteiger partial charge in [-0.3, -0.25) is 4.90 Å². The lowest BCUT2D eigenvalue weighted by Crippen LogP contribution is -2.56. The van der Waals surface area contributed by atoms with Crippen molar-refractivity contribution in [3.05, 3.63) is 17.0 Å². The molecule has 5 nitrogen and oxygen atoms in total. The third-order valence-corrected chi connectivity index (χ3v) is 7.08. The van der Waals surface area contributed by atoms with E-state index in [4.69, 9.17) is 5.73 Å². The van der Waals surface area contributed by atoms with Crippen LogP contribution in [0.25, 0.3) is 0 Å². The maximum Gasteiger partial charge on any atom is 0.252 e. The first kappa shape index (κ1) is 14.9. The molecule has 2 heterocycles. The maximum atomic E-state index is 12.6. The molecular formula is C12H21N3O2S2. The summed E-state index contributed by atoms with van der Waals surface area (Å²) in [6, 6.07) is 2.15. The molecule has 1 aromatic rings. The van der Waals surface area contributed by atoms with Crippen LogP contribution in [0.1, 0.15) is 19.4 Å². The Bertz CT molecular complexity index is 529. The van der Waals surface area contributed by atoms with Gasteiger partial charge >= 0.3 is 0 Å². The van der Waals surface area contributed by atoms with E-state index in [1.807, 2.05) is 12.4 Å². The van der Waals surface area contributed by atoms with Crippen molar-refractivity contribution in [2.45, 2.75) is 36.7 Å². The van der Waals surface area contributed by atoms with E-state index in [0.717, 1.165) is 5.56 Å². The molecule has 2 atom stereocenters. The minimum absolute atomic E-state index is 0.229.